The minimum atomic E-state index is 0.813. The number of nitrogens with one attached hydrogen (secondary N) is 2. The highest BCUT2D eigenvalue weighted by atomic mass is 79.9. The highest BCUT2D eigenvalue weighted by molar-refractivity contribution is 9.10. The van der Waals surface area contributed by atoms with Crippen molar-refractivity contribution in [2.45, 2.75) is 12.8 Å². The number of ether oxygens (including phenoxy) is 1. The third-order valence-corrected chi connectivity index (χ3v) is 4.02. The fraction of sp³-hybridized carbons (Fsp3) is 0.571. The standard InChI is InChI=1S/C14H21BrN2O/c1-18-14-3-2-11(8-13(14)15)4-6-16-9-12-5-7-17-10-12/h2-3,8,12,16-17H,4-7,9-10H2,1H3. The van der Waals surface area contributed by atoms with E-state index in [0.717, 1.165) is 35.7 Å². The summed E-state index contributed by atoms with van der Waals surface area (Å²) < 4.78 is 6.25. The van der Waals surface area contributed by atoms with Gasteiger partial charge in [0.1, 0.15) is 5.75 Å². The summed E-state index contributed by atoms with van der Waals surface area (Å²) in [5, 5.41) is 6.93. The van der Waals surface area contributed by atoms with E-state index in [4.69, 9.17) is 4.74 Å². The Bertz CT molecular complexity index is 378. The minimum Gasteiger partial charge on any atom is -0.496 e. The molecule has 0 aromatic heterocycles. The van der Waals surface area contributed by atoms with Crippen molar-refractivity contribution in [2.75, 3.05) is 33.3 Å². The summed E-state index contributed by atoms with van der Waals surface area (Å²) >= 11 is 3.52. The SMILES string of the molecule is COc1ccc(CCNCC2CCNC2)cc1Br. The second-order valence-corrected chi connectivity index (χ2v) is 5.64. The Balaban J connectivity index is 1.71. The molecule has 1 heterocycles. The van der Waals surface area contributed by atoms with Crippen LogP contribution in [0.25, 0.3) is 0 Å². The van der Waals surface area contributed by atoms with Gasteiger partial charge >= 0.3 is 0 Å². The van der Waals surface area contributed by atoms with E-state index in [9.17, 15) is 0 Å². The summed E-state index contributed by atoms with van der Waals surface area (Å²) in [4.78, 5) is 0. The molecule has 1 saturated heterocycles. The van der Waals surface area contributed by atoms with Crippen molar-refractivity contribution in [3.63, 3.8) is 0 Å². The number of methoxy groups -OCH3 is 1. The summed E-state index contributed by atoms with van der Waals surface area (Å²) in [6.07, 6.45) is 2.36. The zero-order valence-corrected chi connectivity index (χ0v) is 12.4. The van der Waals surface area contributed by atoms with Gasteiger partial charge in [-0.2, -0.15) is 0 Å². The van der Waals surface area contributed by atoms with Crippen molar-refractivity contribution in [1.29, 1.82) is 0 Å². The summed E-state index contributed by atoms with van der Waals surface area (Å²) in [7, 11) is 1.69. The van der Waals surface area contributed by atoms with Crippen molar-refractivity contribution >= 4 is 15.9 Å². The zero-order valence-electron chi connectivity index (χ0n) is 10.8. The maximum Gasteiger partial charge on any atom is 0.133 e. The lowest BCUT2D eigenvalue weighted by Gasteiger charge is -2.10. The van der Waals surface area contributed by atoms with Gasteiger partial charge in [-0.1, -0.05) is 6.07 Å². The van der Waals surface area contributed by atoms with Crippen molar-refractivity contribution < 1.29 is 4.74 Å². The molecule has 2 N–H and O–H groups in total. The third-order valence-electron chi connectivity index (χ3n) is 3.40. The normalized spacial score (nSPS) is 19.1. The number of hydrogen-bond donors (Lipinski definition) is 2. The largest absolute Gasteiger partial charge is 0.496 e. The second-order valence-electron chi connectivity index (χ2n) is 4.78. The molecule has 100 valence electrons. The molecular formula is C14H21BrN2O. The third kappa shape index (κ3) is 3.97. The molecule has 0 saturated carbocycles. The van der Waals surface area contributed by atoms with Crippen LogP contribution in [-0.2, 0) is 6.42 Å². The van der Waals surface area contributed by atoms with Crippen LogP contribution in [0.2, 0.25) is 0 Å². The molecule has 0 amide bonds. The van der Waals surface area contributed by atoms with Gasteiger partial charge in [0.25, 0.3) is 0 Å². The predicted octanol–water partition coefficient (Wildman–Crippen LogP) is 2.20. The van der Waals surface area contributed by atoms with E-state index in [1.165, 1.54) is 25.1 Å². The average Bonchev–Trinajstić information content (AvgIpc) is 2.88. The Labute approximate surface area is 117 Å². The van der Waals surface area contributed by atoms with Crippen molar-refractivity contribution in [3.05, 3.63) is 28.2 Å². The van der Waals surface area contributed by atoms with Crippen LogP contribution >= 0.6 is 15.9 Å². The van der Waals surface area contributed by atoms with Gasteiger partial charge in [0, 0.05) is 0 Å². The Hall–Kier alpha value is -0.580. The first-order valence-corrected chi connectivity index (χ1v) is 7.32. The number of hydrogen-bond acceptors (Lipinski definition) is 3. The monoisotopic (exact) mass is 312 g/mol. The summed E-state index contributed by atoms with van der Waals surface area (Å²) in [5.74, 6) is 1.70. The molecule has 1 aliphatic heterocycles. The Kier molecular flexibility index (Phi) is 5.47. The van der Waals surface area contributed by atoms with E-state index in [-0.39, 0.29) is 0 Å². The van der Waals surface area contributed by atoms with Gasteiger partial charge in [-0.3, -0.25) is 0 Å². The van der Waals surface area contributed by atoms with Crippen LogP contribution in [0, 0.1) is 5.92 Å². The number of rotatable bonds is 6. The Morgan fingerprint density at radius 2 is 2.39 bits per heavy atom. The van der Waals surface area contributed by atoms with Crippen LogP contribution < -0.4 is 15.4 Å². The van der Waals surface area contributed by atoms with Gasteiger partial charge in [-0.05, 0) is 78.6 Å². The first-order valence-electron chi connectivity index (χ1n) is 6.53. The first-order chi connectivity index (χ1) is 8.79. The highest BCUT2D eigenvalue weighted by Gasteiger charge is 2.13. The Morgan fingerprint density at radius 1 is 1.50 bits per heavy atom. The lowest BCUT2D eigenvalue weighted by molar-refractivity contribution is 0.412. The van der Waals surface area contributed by atoms with Crippen LogP contribution in [0.1, 0.15) is 12.0 Å². The van der Waals surface area contributed by atoms with Gasteiger partial charge in [0.15, 0.2) is 0 Å². The molecule has 3 nitrogen and oxygen atoms in total. The molecule has 1 unspecified atom stereocenters. The summed E-state index contributed by atoms with van der Waals surface area (Å²) in [6.45, 7) is 4.51. The molecule has 0 spiro atoms. The number of benzene rings is 1. The molecule has 0 aliphatic carbocycles. The second kappa shape index (κ2) is 7.12. The summed E-state index contributed by atoms with van der Waals surface area (Å²) in [5.41, 5.74) is 1.33. The van der Waals surface area contributed by atoms with Gasteiger partial charge in [-0.25, -0.2) is 0 Å². The quantitative estimate of drug-likeness (QED) is 0.790. The fourth-order valence-corrected chi connectivity index (χ4v) is 2.88. The minimum absolute atomic E-state index is 0.813. The molecule has 4 heteroatoms. The maximum absolute atomic E-state index is 5.22. The molecule has 1 aliphatic rings. The zero-order chi connectivity index (χ0) is 12.8. The van der Waals surface area contributed by atoms with E-state index >= 15 is 0 Å². The van der Waals surface area contributed by atoms with E-state index in [2.05, 4.69) is 38.7 Å². The Morgan fingerprint density at radius 3 is 3.06 bits per heavy atom. The summed E-state index contributed by atoms with van der Waals surface area (Å²) in [6, 6.07) is 6.28. The molecule has 1 atom stereocenters. The highest BCUT2D eigenvalue weighted by Crippen LogP contribution is 2.25. The van der Waals surface area contributed by atoms with Crippen molar-refractivity contribution in [2.24, 2.45) is 5.92 Å². The predicted molar refractivity (Wildman–Crippen MR) is 78.2 cm³/mol. The van der Waals surface area contributed by atoms with E-state index < -0.39 is 0 Å². The smallest absolute Gasteiger partial charge is 0.133 e. The van der Waals surface area contributed by atoms with Crippen LogP contribution in [0.4, 0.5) is 0 Å². The molecular weight excluding hydrogens is 292 g/mol. The van der Waals surface area contributed by atoms with E-state index in [0.29, 0.717) is 0 Å². The molecule has 0 bridgehead atoms. The van der Waals surface area contributed by atoms with Gasteiger partial charge in [-0.15, -0.1) is 0 Å². The first kappa shape index (κ1) is 13.8. The van der Waals surface area contributed by atoms with Crippen LogP contribution in [0.15, 0.2) is 22.7 Å². The topological polar surface area (TPSA) is 33.3 Å². The van der Waals surface area contributed by atoms with Crippen molar-refractivity contribution in [1.82, 2.24) is 10.6 Å². The molecule has 0 radical (unpaired) electrons. The molecule has 1 fully saturated rings. The molecule has 2 rings (SSSR count). The van der Waals surface area contributed by atoms with Crippen LogP contribution in [0.3, 0.4) is 0 Å². The fourth-order valence-electron chi connectivity index (χ4n) is 2.29. The maximum atomic E-state index is 5.22. The van der Waals surface area contributed by atoms with Crippen molar-refractivity contribution in [3.8, 4) is 5.75 Å². The van der Waals surface area contributed by atoms with Crippen LogP contribution in [-0.4, -0.2) is 33.3 Å². The lowest BCUT2D eigenvalue weighted by atomic mass is 10.1. The molecule has 1 aromatic carbocycles. The van der Waals surface area contributed by atoms with Gasteiger partial charge in [0.2, 0.25) is 0 Å². The van der Waals surface area contributed by atoms with Gasteiger partial charge < -0.3 is 15.4 Å². The number of halogens is 1. The van der Waals surface area contributed by atoms with E-state index in [1.54, 1.807) is 7.11 Å². The van der Waals surface area contributed by atoms with E-state index in [1.807, 2.05) is 6.07 Å². The molecule has 1 aromatic rings. The van der Waals surface area contributed by atoms with Crippen LogP contribution in [0.5, 0.6) is 5.75 Å². The average molecular weight is 313 g/mol. The lowest BCUT2D eigenvalue weighted by Crippen LogP contribution is -2.26. The van der Waals surface area contributed by atoms with Gasteiger partial charge in [0.05, 0.1) is 11.6 Å². The molecule has 18 heavy (non-hydrogen) atoms.